The number of nitrogens with zero attached hydrogens (tertiary/aromatic N) is 8. The summed E-state index contributed by atoms with van der Waals surface area (Å²) in [7, 11) is 3.48. The van der Waals surface area contributed by atoms with E-state index in [-0.39, 0.29) is 0 Å². The molecule has 0 saturated carbocycles. The lowest BCUT2D eigenvalue weighted by molar-refractivity contribution is 0.404. The molecule has 5 aromatic rings. The highest BCUT2D eigenvalue weighted by molar-refractivity contribution is 5.80. The number of pyridine rings is 1. The molecule has 0 amide bonds. The van der Waals surface area contributed by atoms with Crippen molar-refractivity contribution in [1.82, 2.24) is 39.7 Å². The van der Waals surface area contributed by atoms with Crippen molar-refractivity contribution >= 4 is 22.8 Å². The lowest BCUT2D eigenvalue weighted by Gasteiger charge is -2.08. The van der Waals surface area contributed by atoms with Gasteiger partial charge < -0.3 is 10.1 Å². The predicted molar refractivity (Wildman–Crippen MR) is 115 cm³/mol. The van der Waals surface area contributed by atoms with Crippen LogP contribution >= 0.6 is 0 Å². The summed E-state index contributed by atoms with van der Waals surface area (Å²) in [6.07, 6.45) is 5.17. The van der Waals surface area contributed by atoms with Crippen LogP contribution in [-0.2, 0) is 13.6 Å². The van der Waals surface area contributed by atoms with Gasteiger partial charge >= 0.3 is 0 Å². The minimum atomic E-state index is 0.464. The van der Waals surface area contributed by atoms with Gasteiger partial charge in [-0.25, -0.2) is 14.6 Å². The second-order valence-corrected chi connectivity index (χ2v) is 6.83. The Kier molecular flexibility index (Phi) is 4.71. The summed E-state index contributed by atoms with van der Waals surface area (Å²) in [5.41, 5.74) is 4.17. The number of rotatable bonds is 6. The van der Waals surface area contributed by atoms with Crippen molar-refractivity contribution in [2.75, 3.05) is 12.4 Å². The average Bonchev–Trinajstić information content (AvgIpc) is 3.40. The molecular weight excluding hydrogens is 394 g/mol. The number of ether oxygens (including phenoxy) is 1. The predicted octanol–water partition coefficient (Wildman–Crippen LogP) is 2.82. The topological polar surface area (TPSA) is 108 Å². The zero-order valence-corrected chi connectivity index (χ0v) is 17.0. The third-order valence-corrected chi connectivity index (χ3v) is 4.89. The monoisotopic (exact) mass is 413 g/mol. The summed E-state index contributed by atoms with van der Waals surface area (Å²) in [5, 5.41) is 15.9. The summed E-state index contributed by atoms with van der Waals surface area (Å²) in [4.78, 5) is 13.3. The normalized spacial score (nSPS) is 11.0. The lowest BCUT2D eigenvalue weighted by atomic mass is 10.1. The fraction of sp³-hybridized carbons (Fsp3) is 0.143. The van der Waals surface area contributed by atoms with Gasteiger partial charge in [0.15, 0.2) is 0 Å². The molecule has 1 aromatic carbocycles. The first-order valence-corrected chi connectivity index (χ1v) is 9.61. The Hall–Kier alpha value is -4.34. The maximum Gasteiger partial charge on any atom is 0.228 e. The van der Waals surface area contributed by atoms with Gasteiger partial charge in [0.25, 0.3) is 0 Å². The molecule has 5 rings (SSSR count). The van der Waals surface area contributed by atoms with E-state index < -0.39 is 0 Å². The summed E-state index contributed by atoms with van der Waals surface area (Å²) >= 11 is 0. The van der Waals surface area contributed by atoms with Gasteiger partial charge in [0.05, 0.1) is 31.1 Å². The molecule has 4 heterocycles. The molecule has 4 aromatic heterocycles. The number of fused-ring (bicyclic) bond motifs is 1. The molecule has 0 bridgehead atoms. The van der Waals surface area contributed by atoms with Crippen molar-refractivity contribution in [3.63, 3.8) is 0 Å². The first-order chi connectivity index (χ1) is 15.2. The smallest absolute Gasteiger partial charge is 0.228 e. The van der Waals surface area contributed by atoms with Gasteiger partial charge in [-0.1, -0.05) is 11.3 Å². The first-order valence-electron chi connectivity index (χ1n) is 9.61. The van der Waals surface area contributed by atoms with Crippen LogP contribution in [0.4, 0.5) is 11.8 Å². The van der Waals surface area contributed by atoms with E-state index in [0.717, 1.165) is 39.6 Å². The van der Waals surface area contributed by atoms with Crippen LogP contribution in [0.3, 0.4) is 0 Å². The summed E-state index contributed by atoms with van der Waals surface area (Å²) in [6, 6.07) is 13.4. The van der Waals surface area contributed by atoms with E-state index in [9.17, 15) is 0 Å². The molecule has 10 heteroatoms. The Balaban J connectivity index is 1.43. The minimum Gasteiger partial charge on any atom is -0.495 e. The Morgan fingerprint density at radius 1 is 1.03 bits per heavy atom. The molecule has 0 atom stereocenters. The molecule has 0 spiro atoms. The van der Waals surface area contributed by atoms with E-state index in [0.29, 0.717) is 12.5 Å². The highest BCUT2D eigenvalue weighted by Crippen LogP contribution is 2.24. The third-order valence-electron chi connectivity index (χ3n) is 4.89. The zero-order chi connectivity index (χ0) is 21.2. The van der Waals surface area contributed by atoms with Gasteiger partial charge in [0, 0.05) is 31.1 Å². The number of benzene rings is 1. The van der Waals surface area contributed by atoms with Crippen LogP contribution in [-0.4, -0.2) is 46.8 Å². The number of hydrogen-bond acceptors (Lipinski definition) is 8. The van der Waals surface area contributed by atoms with E-state index in [4.69, 9.17) is 4.74 Å². The lowest BCUT2D eigenvalue weighted by Crippen LogP contribution is -2.05. The second kappa shape index (κ2) is 7.82. The molecular formula is C21H19N9O. The van der Waals surface area contributed by atoms with Crippen LogP contribution in [0.1, 0.15) is 5.69 Å². The zero-order valence-electron chi connectivity index (χ0n) is 17.0. The molecule has 154 valence electrons. The van der Waals surface area contributed by atoms with Gasteiger partial charge in [-0.3, -0.25) is 9.67 Å². The molecule has 0 unspecified atom stereocenters. The van der Waals surface area contributed by atoms with Crippen molar-refractivity contribution in [3.8, 4) is 17.0 Å². The maximum atomic E-state index is 5.39. The van der Waals surface area contributed by atoms with E-state index in [2.05, 4.69) is 35.7 Å². The van der Waals surface area contributed by atoms with Crippen LogP contribution in [0, 0.1) is 0 Å². The molecule has 0 aliphatic carbocycles. The van der Waals surface area contributed by atoms with Crippen molar-refractivity contribution in [2.24, 2.45) is 7.05 Å². The van der Waals surface area contributed by atoms with Crippen LogP contribution < -0.4 is 10.1 Å². The van der Waals surface area contributed by atoms with Crippen LogP contribution in [0.25, 0.3) is 22.3 Å². The van der Waals surface area contributed by atoms with Crippen molar-refractivity contribution in [2.45, 2.75) is 6.54 Å². The van der Waals surface area contributed by atoms with Gasteiger partial charge in [-0.2, -0.15) is 5.10 Å². The van der Waals surface area contributed by atoms with Crippen LogP contribution in [0.2, 0.25) is 0 Å². The number of anilines is 2. The number of methoxy groups -OCH3 is 1. The SMILES string of the molecule is COc1cccnc1Cn1nnc2cc(-c3ccnc(Nc4ccnn4C)n3)ccc21. The Bertz CT molecular complexity index is 1360. The molecule has 0 aliphatic rings. The standard InChI is InChI=1S/C21H19N9O/c1-29-20(8-11-24-29)26-21-23-10-7-15(25-21)14-5-6-18-16(12-14)27-28-30(18)13-17-19(31-2)4-3-9-22-17/h3-12H,13H2,1-2H3,(H,23,25,26). The largest absolute Gasteiger partial charge is 0.495 e. The van der Waals surface area contributed by atoms with Crippen molar-refractivity contribution in [1.29, 1.82) is 0 Å². The van der Waals surface area contributed by atoms with Gasteiger partial charge in [-0.05, 0) is 30.3 Å². The van der Waals surface area contributed by atoms with Gasteiger partial charge in [0.1, 0.15) is 22.8 Å². The Labute approximate surface area is 177 Å². The van der Waals surface area contributed by atoms with E-state index in [1.807, 2.05) is 49.5 Å². The van der Waals surface area contributed by atoms with Crippen LogP contribution in [0.15, 0.2) is 61.1 Å². The first kappa shape index (κ1) is 18.7. The molecule has 1 N–H and O–H groups in total. The third kappa shape index (κ3) is 3.66. The summed E-state index contributed by atoms with van der Waals surface area (Å²) < 4.78 is 8.91. The molecule has 0 fully saturated rings. The van der Waals surface area contributed by atoms with Crippen molar-refractivity contribution in [3.05, 3.63) is 66.7 Å². The van der Waals surface area contributed by atoms with Gasteiger partial charge in [-0.15, -0.1) is 5.10 Å². The van der Waals surface area contributed by atoms with Crippen molar-refractivity contribution < 1.29 is 4.74 Å². The second-order valence-electron chi connectivity index (χ2n) is 6.83. The fourth-order valence-corrected chi connectivity index (χ4v) is 3.31. The maximum absolute atomic E-state index is 5.39. The van der Waals surface area contributed by atoms with Gasteiger partial charge in [0.2, 0.25) is 5.95 Å². The highest BCUT2D eigenvalue weighted by Gasteiger charge is 2.12. The highest BCUT2D eigenvalue weighted by atomic mass is 16.5. The van der Waals surface area contributed by atoms with E-state index in [1.165, 1.54) is 0 Å². The number of aryl methyl sites for hydroxylation is 1. The number of nitrogens with one attached hydrogen (secondary N) is 1. The summed E-state index contributed by atoms with van der Waals surface area (Å²) in [5.74, 6) is 2.02. The molecule has 31 heavy (non-hydrogen) atoms. The average molecular weight is 413 g/mol. The van der Waals surface area contributed by atoms with Crippen LogP contribution in [0.5, 0.6) is 5.75 Å². The molecule has 10 nitrogen and oxygen atoms in total. The quantitative estimate of drug-likeness (QED) is 0.453. The molecule has 0 radical (unpaired) electrons. The fourth-order valence-electron chi connectivity index (χ4n) is 3.31. The van der Waals surface area contributed by atoms with E-state index >= 15 is 0 Å². The minimum absolute atomic E-state index is 0.464. The Morgan fingerprint density at radius 2 is 1.97 bits per heavy atom. The summed E-state index contributed by atoms with van der Waals surface area (Å²) in [6.45, 7) is 0.464. The molecule has 0 aliphatic heterocycles. The van der Waals surface area contributed by atoms with E-state index in [1.54, 1.807) is 35.1 Å². The number of aromatic nitrogens is 8. The molecule has 0 saturated heterocycles. The Morgan fingerprint density at radius 3 is 2.81 bits per heavy atom. The number of hydrogen-bond donors (Lipinski definition) is 1.